The number of hydrogen-bond acceptors (Lipinski definition) is 4. The Labute approximate surface area is 106 Å². The first-order chi connectivity index (χ1) is 8.77. The van der Waals surface area contributed by atoms with Gasteiger partial charge in [-0.1, -0.05) is 25.7 Å². The molecule has 18 heavy (non-hydrogen) atoms. The Kier molecular flexibility index (Phi) is 3.20. The van der Waals surface area contributed by atoms with Crippen LogP contribution in [0.1, 0.15) is 44.9 Å². The van der Waals surface area contributed by atoms with Crippen LogP contribution >= 0.6 is 0 Å². The maximum Gasteiger partial charge on any atom is 0.342 e. The second kappa shape index (κ2) is 4.84. The molecule has 0 aromatic heterocycles. The Morgan fingerprint density at radius 1 is 0.944 bits per heavy atom. The smallest absolute Gasteiger partial charge is 0.342 e. The van der Waals surface area contributed by atoms with Gasteiger partial charge in [-0.25, -0.2) is 9.59 Å². The Hall–Kier alpha value is -1.16. The second-order valence-electron chi connectivity index (χ2n) is 5.33. The van der Waals surface area contributed by atoms with Crippen molar-refractivity contribution in [3.63, 3.8) is 0 Å². The molecule has 1 fully saturated rings. The van der Waals surface area contributed by atoms with Gasteiger partial charge in [0.25, 0.3) is 0 Å². The Balaban J connectivity index is 1.94. The molecule has 2 atom stereocenters. The van der Waals surface area contributed by atoms with Gasteiger partial charge in [0.1, 0.15) is 0 Å². The van der Waals surface area contributed by atoms with Crippen LogP contribution in [-0.2, 0) is 19.1 Å². The zero-order chi connectivity index (χ0) is 12.5. The molecule has 1 aliphatic carbocycles. The summed E-state index contributed by atoms with van der Waals surface area (Å²) in [4.78, 5) is 23.5. The number of cyclic esters (lactones) is 2. The molecule has 0 bridgehead atoms. The van der Waals surface area contributed by atoms with Crippen molar-refractivity contribution in [2.45, 2.75) is 51.0 Å². The molecule has 0 amide bonds. The van der Waals surface area contributed by atoms with E-state index in [1.807, 2.05) is 0 Å². The quantitative estimate of drug-likeness (QED) is 0.488. The van der Waals surface area contributed by atoms with Gasteiger partial charge in [-0.2, -0.15) is 0 Å². The minimum Gasteiger partial charge on any atom is -0.386 e. The molecule has 3 aliphatic rings. The van der Waals surface area contributed by atoms with Crippen LogP contribution in [0.25, 0.3) is 0 Å². The summed E-state index contributed by atoms with van der Waals surface area (Å²) in [6.07, 6.45) is 7.23. The molecule has 0 spiro atoms. The molecule has 4 nitrogen and oxygen atoms in total. The van der Waals surface area contributed by atoms with Gasteiger partial charge in [0.15, 0.2) is 0 Å². The van der Waals surface area contributed by atoms with E-state index in [4.69, 9.17) is 9.47 Å². The fourth-order valence-corrected chi connectivity index (χ4v) is 3.34. The van der Waals surface area contributed by atoms with E-state index in [0.717, 1.165) is 25.7 Å². The zero-order valence-corrected chi connectivity index (χ0v) is 10.4. The van der Waals surface area contributed by atoms with Crippen molar-refractivity contribution in [3.8, 4) is 0 Å². The molecule has 1 saturated carbocycles. The van der Waals surface area contributed by atoms with Gasteiger partial charge < -0.3 is 9.47 Å². The van der Waals surface area contributed by atoms with Crippen LogP contribution in [0, 0.1) is 5.92 Å². The molecule has 0 aromatic rings. The summed E-state index contributed by atoms with van der Waals surface area (Å²) in [5.41, 5.74) is 1.21. The monoisotopic (exact) mass is 250 g/mol. The molecule has 2 aliphatic heterocycles. The molecule has 2 unspecified atom stereocenters. The fraction of sp³-hybridized carbons (Fsp3) is 0.714. The molecule has 0 saturated heterocycles. The van der Waals surface area contributed by atoms with Crippen LogP contribution in [0.4, 0.5) is 0 Å². The van der Waals surface area contributed by atoms with E-state index in [0.29, 0.717) is 24.2 Å². The largest absolute Gasteiger partial charge is 0.386 e. The van der Waals surface area contributed by atoms with Crippen LogP contribution in [0.15, 0.2) is 11.1 Å². The molecular formula is C14H18O4. The lowest BCUT2D eigenvalue weighted by molar-refractivity contribution is -0.152. The highest BCUT2D eigenvalue weighted by atomic mass is 16.6. The van der Waals surface area contributed by atoms with E-state index in [1.54, 1.807) is 0 Å². The average Bonchev–Trinajstić information content (AvgIpc) is 2.50. The summed E-state index contributed by atoms with van der Waals surface area (Å²) < 4.78 is 10.7. The maximum absolute atomic E-state index is 11.9. The first-order valence-electron chi connectivity index (χ1n) is 6.88. The van der Waals surface area contributed by atoms with Crippen molar-refractivity contribution >= 4 is 11.9 Å². The third-order valence-corrected chi connectivity index (χ3v) is 4.23. The SMILES string of the molecule is O=C1OC(=O)C2=C1CCOC1CCCCCCC21. The van der Waals surface area contributed by atoms with E-state index >= 15 is 0 Å². The van der Waals surface area contributed by atoms with Gasteiger partial charge in [0.05, 0.1) is 23.9 Å². The van der Waals surface area contributed by atoms with Crippen molar-refractivity contribution in [2.75, 3.05) is 6.61 Å². The van der Waals surface area contributed by atoms with Crippen molar-refractivity contribution in [2.24, 2.45) is 5.92 Å². The van der Waals surface area contributed by atoms with Crippen LogP contribution in [0.3, 0.4) is 0 Å². The van der Waals surface area contributed by atoms with Crippen LogP contribution in [-0.4, -0.2) is 24.6 Å². The number of fused-ring (bicyclic) bond motifs is 2. The maximum atomic E-state index is 11.9. The molecule has 0 aromatic carbocycles. The lowest BCUT2D eigenvalue weighted by atomic mass is 9.82. The fourth-order valence-electron chi connectivity index (χ4n) is 3.34. The van der Waals surface area contributed by atoms with E-state index in [2.05, 4.69) is 0 Å². The number of carbonyl (C=O) groups is 2. The number of carbonyl (C=O) groups excluding carboxylic acids is 2. The summed E-state index contributed by atoms with van der Waals surface area (Å²) >= 11 is 0. The second-order valence-corrected chi connectivity index (χ2v) is 5.33. The number of esters is 2. The van der Waals surface area contributed by atoms with Crippen molar-refractivity contribution in [3.05, 3.63) is 11.1 Å². The van der Waals surface area contributed by atoms with Gasteiger partial charge >= 0.3 is 11.9 Å². The van der Waals surface area contributed by atoms with Crippen LogP contribution in [0.2, 0.25) is 0 Å². The van der Waals surface area contributed by atoms with E-state index in [9.17, 15) is 9.59 Å². The van der Waals surface area contributed by atoms with Crippen LogP contribution < -0.4 is 0 Å². The molecular weight excluding hydrogens is 232 g/mol. The van der Waals surface area contributed by atoms with Gasteiger partial charge in [-0.15, -0.1) is 0 Å². The standard InChI is InChI=1S/C14H18O4/c15-13-10-7-8-17-11-6-4-2-1-3-5-9(11)12(10)14(16)18-13/h9,11H,1-8H2. The van der Waals surface area contributed by atoms with Crippen molar-refractivity contribution in [1.29, 1.82) is 0 Å². The van der Waals surface area contributed by atoms with Crippen molar-refractivity contribution < 1.29 is 19.1 Å². The molecule has 2 heterocycles. The highest BCUT2D eigenvalue weighted by Crippen LogP contribution is 2.38. The lowest BCUT2D eigenvalue weighted by Crippen LogP contribution is -2.28. The van der Waals surface area contributed by atoms with E-state index in [1.165, 1.54) is 12.8 Å². The molecule has 3 rings (SSSR count). The number of rotatable bonds is 0. The minimum atomic E-state index is -0.443. The average molecular weight is 250 g/mol. The predicted octanol–water partition coefficient (Wildman–Crippen LogP) is 2.13. The zero-order valence-electron chi connectivity index (χ0n) is 10.4. The van der Waals surface area contributed by atoms with Gasteiger partial charge in [0.2, 0.25) is 0 Å². The van der Waals surface area contributed by atoms with Gasteiger partial charge in [-0.05, 0) is 12.8 Å². The summed E-state index contributed by atoms with van der Waals surface area (Å²) in [6.45, 7) is 0.530. The summed E-state index contributed by atoms with van der Waals surface area (Å²) in [6, 6.07) is 0. The third-order valence-electron chi connectivity index (χ3n) is 4.23. The van der Waals surface area contributed by atoms with Gasteiger partial charge in [0, 0.05) is 12.3 Å². The Bertz CT molecular complexity index is 410. The first-order valence-corrected chi connectivity index (χ1v) is 6.88. The molecule has 0 radical (unpaired) electrons. The Morgan fingerprint density at radius 3 is 2.56 bits per heavy atom. The highest BCUT2D eigenvalue weighted by Gasteiger charge is 2.42. The predicted molar refractivity (Wildman–Crippen MR) is 63.7 cm³/mol. The topological polar surface area (TPSA) is 52.6 Å². The highest BCUT2D eigenvalue weighted by molar-refractivity contribution is 6.12. The van der Waals surface area contributed by atoms with Crippen LogP contribution in [0.5, 0.6) is 0 Å². The normalized spacial score (nSPS) is 33.1. The Morgan fingerprint density at radius 2 is 1.72 bits per heavy atom. The van der Waals surface area contributed by atoms with Crippen molar-refractivity contribution in [1.82, 2.24) is 0 Å². The molecule has 98 valence electrons. The lowest BCUT2D eigenvalue weighted by Gasteiger charge is -2.27. The number of hydrogen-bond donors (Lipinski definition) is 0. The summed E-state index contributed by atoms with van der Waals surface area (Å²) in [5, 5.41) is 0. The molecule has 4 heteroatoms. The third kappa shape index (κ3) is 1.99. The first kappa shape index (κ1) is 11.9. The number of ether oxygens (including phenoxy) is 2. The summed E-state index contributed by atoms with van der Waals surface area (Å²) in [7, 11) is 0. The minimum absolute atomic E-state index is 0.0711. The van der Waals surface area contributed by atoms with Gasteiger partial charge in [-0.3, -0.25) is 0 Å². The van der Waals surface area contributed by atoms with E-state index < -0.39 is 11.9 Å². The van der Waals surface area contributed by atoms with E-state index in [-0.39, 0.29) is 12.0 Å². The molecule has 0 N–H and O–H groups in total. The summed E-state index contributed by atoms with van der Waals surface area (Å²) in [5.74, 6) is -0.792.